The standard InChI is InChI=1S/C28H30N6O2/c1-17(2)28(36)32-21-10-8-20(9-11-21)25-23(24-26(29)30-16-31-27(24)33(25)3)19-6-4-18(5-7-19)14-34-13-12-22(35)15-34/h4-11,16,22,35H,1,12-15H2,2-3H3,(H,32,36)(H2,29,30,31). The second kappa shape index (κ2) is 9.56. The highest BCUT2D eigenvalue weighted by Gasteiger charge is 2.23. The summed E-state index contributed by atoms with van der Waals surface area (Å²) in [6.45, 7) is 7.80. The van der Waals surface area contributed by atoms with E-state index in [4.69, 9.17) is 5.73 Å². The molecule has 8 heteroatoms. The van der Waals surface area contributed by atoms with Gasteiger partial charge < -0.3 is 20.7 Å². The molecular weight excluding hydrogens is 452 g/mol. The predicted molar refractivity (Wildman–Crippen MR) is 143 cm³/mol. The van der Waals surface area contributed by atoms with Crippen molar-refractivity contribution >= 4 is 28.4 Å². The second-order valence-electron chi connectivity index (χ2n) is 9.43. The van der Waals surface area contributed by atoms with Crippen molar-refractivity contribution in [2.24, 2.45) is 7.05 Å². The summed E-state index contributed by atoms with van der Waals surface area (Å²) in [5.41, 5.74) is 13.4. The number of aliphatic hydroxyl groups is 1. The predicted octanol–water partition coefficient (Wildman–Crippen LogP) is 3.97. The number of β-amino-alcohol motifs (C(OH)–C–C–N with tert-alkyl or cyclic N) is 1. The van der Waals surface area contributed by atoms with Crippen molar-refractivity contribution in [2.45, 2.75) is 26.0 Å². The first-order valence-electron chi connectivity index (χ1n) is 12.0. The van der Waals surface area contributed by atoms with Crippen LogP contribution in [0.1, 0.15) is 18.9 Å². The Bertz CT molecular complexity index is 1440. The molecule has 184 valence electrons. The van der Waals surface area contributed by atoms with E-state index in [9.17, 15) is 9.90 Å². The van der Waals surface area contributed by atoms with Crippen molar-refractivity contribution in [1.29, 1.82) is 0 Å². The van der Waals surface area contributed by atoms with Gasteiger partial charge in [0.25, 0.3) is 5.91 Å². The fraction of sp³-hybridized carbons (Fsp3) is 0.250. The number of carbonyl (C=O) groups is 1. The maximum absolute atomic E-state index is 12.0. The lowest BCUT2D eigenvalue weighted by Gasteiger charge is -2.15. The number of aryl methyl sites for hydroxylation is 1. The quantitative estimate of drug-likeness (QED) is 0.359. The molecule has 0 bridgehead atoms. The fourth-order valence-electron chi connectivity index (χ4n) is 4.83. The lowest BCUT2D eigenvalue weighted by atomic mass is 9.97. The lowest BCUT2D eigenvalue weighted by molar-refractivity contribution is -0.112. The van der Waals surface area contributed by atoms with Gasteiger partial charge in [0.2, 0.25) is 0 Å². The number of hydrogen-bond acceptors (Lipinski definition) is 6. The molecule has 1 aliphatic heterocycles. The number of amides is 1. The summed E-state index contributed by atoms with van der Waals surface area (Å²) in [4.78, 5) is 23.1. The maximum atomic E-state index is 12.0. The Kier molecular flexibility index (Phi) is 6.30. The molecule has 3 heterocycles. The summed E-state index contributed by atoms with van der Waals surface area (Å²) < 4.78 is 2.03. The number of aromatic nitrogens is 3. The number of aliphatic hydroxyl groups excluding tert-OH is 1. The van der Waals surface area contributed by atoms with Crippen LogP contribution >= 0.6 is 0 Å². The van der Waals surface area contributed by atoms with Gasteiger partial charge in [0, 0.05) is 43.5 Å². The monoisotopic (exact) mass is 482 g/mol. The topological polar surface area (TPSA) is 109 Å². The number of benzene rings is 2. The minimum absolute atomic E-state index is 0.209. The van der Waals surface area contributed by atoms with Crippen molar-refractivity contribution in [1.82, 2.24) is 19.4 Å². The van der Waals surface area contributed by atoms with Crippen LogP contribution in [0.15, 0.2) is 67.0 Å². The molecule has 2 aromatic carbocycles. The smallest absolute Gasteiger partial charge is 0.250 e. The van der Waals surface area contributed by atoms with Gasteiger partial charge in [0.1, 0.15) is 17.8 Å². The highest BCUT2D eigenvalue weighted by molar-refractivity contribution is 6.08. The minimum Gasteiger partial charge on any atom is -0.392 e. The molecule has 0 aliphatic carbocycles. The Morgan fingerprint density at radius 2 is 1.83 bits per heavy atom. The third-order valence-corrected chi connectivity index (χ3v) is 6.70. The fourth-order valence-corrected chi connectivity index (χ4v) is 4.83. The molecule has 1 unspecified atom stereocenters. The highest BCUT2D eigenvalue weighted by atomic mass is 16.3. The summed E-state index contributed by atoms with van der Waals surface area (Å²) in [7, 11) is 1.97. The molecular formula is C28H30N6O2. The van der Waals surface area contributed by atoms with Crippen LogP contribution in [0.2, 0.25) is 0 Å². The van der Waals surface area contributed by atoms with Crippen molar-refractivity contribution in [3.05, 3.63) is 72.6 Å². The molecule has 1 aliphatic rings. The van der Waals surface area contributed by atoms with E-state index in [1.54, 1.807) is 6.92 Å². The van der Waals surface area contributed by atoms with Crippen LogP contribution in [0.5, 0.6) is 0 Å². The Morgan fingerprint density at radius 1 is 1.14 bits per heavy atom. The molecule has 0 radical (unpaired) electrons. The van der Waals surface area contributed by atoms with Crippen molar-refractivity contribution in [3.63, 3.8) is 0 Å². The normalized spacial score (nSPS) is 15.9. The second-order valence-corrected chi connectivity index (χ2v) is 9.43. The van der Waals surface area contributed by atoms with Gasteiger partial charge in [-0.1, -0.05) is 43.0 Å². The van der Waals surface area contributed by atoms with Crippen molar-refractivity contribution in [3.8, 4) is 22.4 Å². The van der Waals surface area contributed by atoms with Crippen LogP contribution in [0.3, 0.4) is 0 Å². The number of anilines is 2. The lowest BCUT2D eigenvalue weighted by Crippen LogP contribution is -2.21. The molecule has 4 N–H and O–H groups in total. The molecule has 0 saturated carbocycles. The Morgan fingerprint density at radius 3 is 2.47 bits per heavy atom. The molecule has 8 nitrogen and oxygen atoms in total. The number of nitrogens with one attached hydrogen (secondary N) is 1. The van der Waals surface area contributed by atoms with E-state index in [1.165, 1.54) is 11.9 Å². The molecule has 0 spiro atoms. The van der Waals surface area contributed by atoms with Crippen molar-refractivity contribution < 1.29 is 9.90 Å². The number of hydrogen-bond donors (Lipinski definition) is 3. The first-order chi connectivity index (χ1) is 17.3. The average molecular weight is 483 g/mol. The van der Waals surface area contributed by atoms with E-state index in [2.05, 4.69) is 51.0 Å². The summed E-state index contributed by atoms with van der Waals surface area (Å²) >= 11 is 0. The number of carbonyl (C=O) groups excluding carboxylic acids is 1. The third-order valence-electron chi connectivity index (χ3n) is 6.70. The van der Waals surface area contributed by atoms with Crippen molar-refractivity contribution in [2.75, 3.05) is 24.1 Å². The van der Waals surface area contributed by atoms with Crippen LogP contribution < -0.4 is 11.1 Å². The Balaban J connectivity index is 1.55. The van der Waals surface area contributed by atoms with Crippen LogP contribution in [0.25, 0.3) is 33.4 Å². The van der Waals surface area contributed by atoms with Crippen LogP contribution in [-0.4, -0.2) is 49.6 Å². The molecule has 2 aromatic heterocycles. The Hall–Kier alpha value is -4.01. The molecule has 1 atom stereocenters. The maximum Gasteiger partial charge on any atom is 0.250 e. The number of nitrogen functional groups attached to an aromatic ring is 1. The largest absolute Gasteiger partial charge is 0.392 e. The zero-order chi connectivity index (χ0) is 25.4. The van der Waals surface area contributed by atoms with E-state index in [0.717, 1.165) is 52.9 Å². The molecule has 5 rings (SSSR count). The van der Waals surface area contributed by atoms with Gasteiger partial charge >= 0.3 is 0 Å². The molecule has 1 amide bonds. The minimum atomic E-state index is -0.231. The van der Waals surface area contributed by atoms with Gasteiger partial charge in [-0.2, -0.15) is 0 Å². The molecule has 1 fully saturated rings. The van der Waals surface area contributed by atoms with Gasteiger partial charge in [-0.05, 0) is 42.2 Å². The summed E-state index contributed by atoms with van der Waals surface area (Å²) in [5.74, 6) is 0.219. The van der Waals surface area contributed by atoms with E-state index in [-0.39, 0.29) is 12.0 Å². The number of rotatable bonds is 6. The summed E-state index contributed by atoms with van der Waals surface area (Å²) in [6.07, 6.45) is 2.08. The SMILES string of the molecule is C=C(C)C(=O)Nc1ccc(-c2c(-c3ccc(CN4CCC(O)C4)cc3)c3c(N)ncnc3n2C)cc1. The van der Waals surface area contributed by atoms with Crippen LogP contribution in [0.4, 0.5) is 11.5 Å². The number of fused-ring (bicyclic) bond motifs is 1. The number of nitrogens with two attached hydrogens (primary N) is 1. The first-order valence-corrected chi connectivity index (χ1v) is 12.0. The average Bonchev–Trinajstić information content (AvgIpc) is 3.41. The van der Waals surface area contributed by atoms with Crippen LogP contribution in [0, 0.1) is 0 Å². The van der Waals surface area contributed by atoms with E-state index in [0.29, 0.717) is 23.6 Å². The van der Waals surface area contributed by atoms with E-state index >= 15 is 0 Å². The molecule has 36 heavy (non-hydrogen) atoms. The summed E-state index contributed by atoms with van der Waals surface area (Å²) in [6, 6.07) is 16.2. The van der Waals surface area contributed by atoms with Gasteiger partial charge in [0.05, 0.1) is 17.2 Å². The molecule has 4 aromatic rings. The van der Waals surface area contributed by atoms with E-state index < -0.39 is 0 Å². The van der Waals surface area contributed by atoms with Gasteiger partial charge in [0.15, 0.2) is 0 Å². The first kappa shape index (κ1) is 23.7. The number of likely N-dealkylation sites (tertiary alicyclic amines) is 1. The van der Waals surface area contributed by atoms with E-state index in [1.807, 2.05) is 35.9 Å². The van der Waals surface area contributed by atoms with Crippen LogP contribution in [-0.2, 0) is 18.4 Å². The number of nitrogens with zero attached hydrogens (tertiary/aromatic N) is 4. The zero-order valence-corrected chi connectivity index (χ0v) is 20.5. The Labute approximate surface area is 210 Å². The van der Waals surface area contributed by atoms with Gasteiger partial charge in [-0.25, -0.2) is 9.97 Å². The van der Waals surface area contributed by atoms with Gasteiger partial charge in [-0.15, -0.1) is 0 Å². The third kappa shape index (κ3) is 4.48. The summed E-state index contributed by atoms with van der Waals surface area (Å²) in [5, 5.41) is 13.5. The van der Waals surface area contributed by atoms with Gasteiger partial charge in [-0.3, -0.25) is 9.69 Å². The highest BCUT2D eigenvalue weighted by Crippen LogP contribution is 2.41. The zero-order valence-electron chi connectivity index (χ0n) is 20.5. The molecule has 1 saturated heterocycles.